The molecule has 0 saturated carbocycles. The summed E-state index contributed by atoms with van der Waals surface area (Å²) >= 11 is 6.61. The predicted octanol–water partition coefficient (Wildman–Crippen LogP) is 7.40. The number of hydrazine groups is 1. The van der Waals surface area contributed by atoms with Gasteiger partial charge in [-0.15, -0.1) is 0 Å². The van der Waals surface area contributed by atoms with Gasteiger partial charge in [0.05, 0.1) is 51.3 Å². The zero-order valence-corrected chi connectivity index (χ0v) is 29.0. The zero-order valence-electron chi connectivity index (χ0n) is 28.3. The van der Waals surface area contributed by atoms with E-state index in [9.17, 15) is 9.59 Å². The molecule has 5 aromatic rings. The summed E-state index contributed by atoms with van der Waals surface area (Å²) in [6, 6.07) is 38.6. The predicted molar refractivity (Wildman–Crippen MR) is 192 cm³/mol. The van der Waals surface area contributed by atoms with Crippen molar-refractivity contribution < 1.29 is 33.0 Å². The van der Waals surface area contributed by atoms with Crippen molar-refractivity contribution in [1.82, 2.24) is 10.9 Å². The van der Waals surface area contributed by atoms with Gasteiger partial charge in [-0.25, -0.2) is 0 Å². The van der Waals surface area contributed by atoms with Gasteiger partial charge >= 0.3 is 5.91 Å². The third-order valence-corrected chi connectivity index (χ3v) is 9.17. The molecular formula is C41H41ClN2O7. The van der Waals surface area contributed by atoms with E-state index in [1.54, 1.807) is 12.1 Å². The Morgan fingerprint density at radius 2 is 1.33 bits per heavy atom. The number of halogens is 1. The number of amides is 2. The van der Waals surface area contributed by atoms with Gasteiger partial charge < -0.3 is 23.4 Å². The first-order valence-corrected chi connectivity index (χ1v) is 17.3. The van der Waals surface area contributed by atoms with Crippen LogP contribution in [0.3, 0.4) is 0 Å². The van der Waals surface area contributed by atoms with Gasteiger partial charge in [0, 0.05) is 10.9 Å². The lowest BCUT2D eigenvalue weighted by molar-refractivity contribution is -0.242. The average molecular weight is 709 g/mol. The minimum Gasteiger partial charge on any atom is -0.459 e. The molecule has 1 saturated heterocycles. The molecule has 6 rings (SSSR count). The van der Waals surface area contributed by atoms with E-state index in [1.807, 2.05) is 103 Å². The number of ether oxygens (including phenoxy) is 4. The van der Waals surface area contributed by atoms with Crippen molar-refractivity contribution in [3.05, 3.63) is 166 Å². The standard InChI is InChI=1S/C41H41ClN2O7/c1-28-38(49-25-30-14-7-3-8-15-30)36(27-47-24-29-12-5-2-6-13-29)51-40(39(28)50-26-31-16-9-4-10-17-31)32-19-20-34(42)33(22-32)23-37(45)43-44-41(46)35-18-11-21-48-35/h2-22,28,36,38-40H,23-27H2,1H3,(H,43,45)(H,44,46). The first-order valence-electron chi connectivity index (χ1n) is 16.9. The van der Waals surface area contributed by atoms with Crippen molar-refractivity contribution in [2.24, 2.45) is 5.92 Å². The maximum atomic E-state index is 12.9. The Morgan fingerprint density at radius 1 is 0.725 bits per heavy atom. The zero-order chi connectivity index (χ0) is 35.4. The maximum Gasteiger partial charge on any atom is 0.305 e. The first kappa shape index (κ1) is 36.0. The van der Waals surface area contributed by atoms with Crippen LogP contribution in [-0.4, -0.2) is 36.7 Å². The van der Waals surface area contributed by atoms with Crippen molar-refractivity contribution >= 4 is 23.4 Å². The smallest absolute Gasteiger partial charge is 0.305 e. The fourth-order valence-electron chi connectivity index (χ4n) is 6.17. The van der Waals surface area contributed by atoms with E-state index >= 15 is 0 Å². The van der Waals surface area contributed by atoms with E-state index in [4.69, 9.17) is 35.0 Å². The minimum absolute atomic E-state index is 0.0776. The van der Waals surface area contributed by atoms with Gasteiger partial charge in [0.2, 0.25) is 5.91 Å². The Hall–Kier alpha value is -4.77. The number of benzene rings is 4. The number of carbonyl (C=O) groups excluding carboxylic acids is 2. The molecule has 0 bridgehead atoms. The van der Waals surface area contributed by atoms with Crippen molar-refractivity contribution in [2.75, 3.05) is 6.61 Å². The highest BCUT2D eigenvalue weighted by Gasteiger charge is 2.46. The molecule has 5 unspecified atom stereocenters. The highest BCUT2D eigenvalue weighted by atomic mass is 35.5. The van der Waals surface area contributed by atoms with Crippen LogP contribution in [0.2, 0.25) is 5.02 Å². The SMILES string of the molecule is CC1C(OCc2ccccc2)C(COCc2ccccc2)OC(c2ccc(Cl)c(CC(=O)NNC(=O)c3ccco3)c2)C1OCc1ccccc1. The number of rotatable bonds is 14. The summed E-state index contributed by atoms with van der Waals surface area (Å²) in [6.07, 6.45) is -0.461. The average Bonchev–Trinajstić information content (AvgIpc) is 3.71. The second kappa shape index (κ2) is 17.9. The Kier molecular flexibility index (Phi) is 12.7. The lowest BCUT2D eigenvalue weighted by atomic mass is 9.84. The summed E-state index contributed by atoms with van der Waals surface area (Å²) in [7, 11) is 0. The molecule has 1 aliphatic heterocycles. The highest BCUT2D eigenvalue weighted by Crippen LogP contribution is 2.40. The molecule has 2 heterocycles. The molecule has 2 amide bonds. The van der Waals surface area contributed by atoms with Gasteiger partial charge in [-0.2, -0.15) is 0 Å². The first-order chi connectivity index (χ1) is 24.9. The Morgan fingerprint density at radius 3 is 1.94 bits per heavy atom. The van der Waals surface area contributed by atoms with Crippen LogP contribution in [0.1, 0.15) is 51.4 Å². The molecule has 10 heteroatoms. The van der Waals surface area contributed by atoms with Crippen LogP contribution in [0.15, 0.2) is 132 Å². The van der Waals surface area contributed by atoms with Crippen LogP contribution >= 0.6 is 11.6 Å². The molecule has 264 valence electrons. The summed E-state index contributed by atoms with van der Waals surface area (Å²) in [5, 5.41) is 0.406. The van der Waals surface area contributed by atoms with Crippen molar-refractivity contribution in [3.63, 3.8) is 0 Å². The van der Waals surface area contributed by atoms with Crippen molar-refractivity contribution in [1.29, 1.82) is 0 Å². The second-order valence-corrected chi connectivity index (χ2v) is 12.9. The van der Waals surface area contributed by atoms with E-state index in [-0.39, 0.29) is 24.2 Å². The van der Waals surface area contributed by atoms with E-state index in [2.05, 4.69) is 17.8 Å². The lowest BCUT2D eigenvalue weighted by Crippen LogP contribution is -2.53. The van der Waals surface area contributed by atoms with Crippen LogP contribution in [0.5, 0.6) is 0 Å². The van der Waals surface area contributed by atoms with Crippen LogP contribution in [0, 0.1) is 5.92 Å². The Balaban J connectivity index is 1.24. The summed E-state index contributed by atoms with van der Waals surface area (Å²) in [5.74, 6) is -1.07. The number of furan rings is 1. The Labute approximate surface area is 302 Å². The molecule has 0 aliphatic carbocycles. The van der Waals surface area contributed by atoms with Crippen molar-refractivity contribution in [2.45, 2.75) is 57.6 Å². The molecule has 2 N–H and O–H groups in total. The Bertz CT molecular complexity index is 1820. The lowest BCUT2D eigenvalue weighted by Gasteiger charge is -2.46. The molecular weight excluding hydrogens is 668 g/mol. The molecule has 51 heavy (non-hydrogen) atoms. The van der Waals surface area contributed by atoms with Gasteiger partial charge in [-0.05, 0) is 46.0 Å². The third kappa shape index (κ3) is 9.94. The minimum atomic E-state index is -0.569. The van der Waals surface area contributed by atoms with Gasteiger partial charge in [0.25, 0.3) is 0 Å². The molecule has 4 aromatic carbocycles. The normalized spacial score (nSPS) is 20.1. The largest absolute Gasteiger partial charge is 0.459 e. The van der Waals surface area contributed by atoms with Gasteiger partial charge in [-0.3, -0.25) is 20.4 Å². The van der Waals surface area contributed by atoms with E-state index in [0.29, 0.717) is 37.0 Å². The van der Waals surface area contributed by atoms with Crippen LogP contribution in [0.4, 0.5) is 0 Å². The summed E-state index contributed by atoms with van der Waals surface area (Å²) in [6.45, 7) is 3.61. The molecule has 9 nitrogen and oxygen atoms in total. The number of hydrogen-bond donors (Lipinski definition) is 2. The molecule has 1 fully saturated rings. The van der Waals surface area contributed by atoms with Crippen LogP contribution in [-0.2, 0) is 50.0 Å². The maximum absolute atomic E-state index is 12.9. The second-order valence-electron chi connectivity index (χ2n) is 12.5. The summed E-state index contributed by atoms with van der Waals surface area (Å²) in [4.78, 5) is 25.2. The molecule has 0 spiro atoms. The number of carbonyl (C=O) groups is 2. The third-order valence-electron chi connectivity index (χ3n) is 8.80. The van der Waals surface area contributed by atoms with Crippen LogP contribution < -0.4 is 10.9 Å². The van der Waals surface area contributed by atoms with Gasteiger partial charge in [0.1, 0.15) is 12.2 Å². The van der Waals surface area contributed by atoms with Gasteiger partial charge in [-0.1, -0.05) is 122 Å². The molecule has 1 aliphatic rings. The van der Waals surface area contributed by atoms with Crippen molar-refractivity contribution in [3.8, 4) is 0 Å². The molecule has 5 atom stereocenters. The van der Waals surface area contributed by atoms with Crippen LogP contribution in [0.25, 0.3) is 0 Å². The fourth-order valence-corrected chi connectivity index (χ4v) is 6.35. The monoisotopic (exact) mass is 708 g/mol. The molecule has 1 aromatic heterocycles. The number of hydrogen-bond acceptors (Lipinski definition) is 7. The topological polar surface area (TPSA) is 108 Å². The summed E-state index contributed by atoms with van der Waals surface area (Å²) in [5.41, 5.74) is 9.30. The highest BCUT2D eigenvalue weighted by molar-refractivity contribution is 6.31. The van der Waals surface area contributed by atoms with E-state index in [0.717, 1.165) is 22.3 Å². The number of nitrogens with one attached hydrogen (secondary N) is 2. The van der Waals surface area contributed by atoms with Gasteiger partial charge in [0.15, 0.2) is 5.76 Å². The van der Waals surface area contributed by atoms with E-state index < -0.39 is 30.1 Å². The fraction of sp³-hybridized carbons (Fsp3) is 0.268. The quantitative estimate of drug-likeness (QED) is 0.116. The van der Waals surface area contributed by atoms with E-state index in [1.165, 1.54) is 12.3 Å². The molecule has 0 radical (unpaired) electrons. The summed E-state index contributed by atoms with van der Waals surface area (Å²) < 4.78 is 31.6.